The van der Waals surface area contributed by atoms with Crippen molar-refractivity contribution in [2.24, 2.45) is 0 Å². The molecule has 1 aromatic heterocycles. The van der Waals surface area contributed by atoms with Gasteiger partial charge in [0.15, 0.2) is 11.8 Å². The molecule has 0 radical (unpaired) electrons. The van der Waals surface area contributed by atoms with E-state index >= 15 is 0 Å². The predicted octanol–water partition coefficient (Wildman–Crippen LogP) is -2.09. The SMILES string of the molecule is C[C@H](OP(=O)(O)OP(=O)(O)OP(=O)(O)O)[C@H]1O[C@@H](n2ncc(N)nc2=O)C(O)(CF)[C@H]1O. The molecule has 18 nitrogen and oxygen atoms in total. The van der Waals surface area contributed by atoms with E-state index in [4.69, 9.17) is 25.2 Å². The van der Waals surface area contributed by atoms with Gasteiger partial charge in [-0.3, -0.25) is 4.52 Å². The quantitative estimate of drug-likeness (QED) is 0.168. The molecule has 7 atom stereocenters. The monoisotopic (exact) mass is 530 g/mol. The number of aromatic nitrogens is 3. The van der Waals surface area contributed by atoms with Crippen LogP contribution in [0.1, 0.15) is 13.2 Å². The van der Waals surface area contributed by atoms with E-state index in [1.165, 1.54) is 0 Å². The molecular weight excluding hydrogens is 512 g/mol. The van der Waals surface area contributed by atoms with Crippen molar-refractivity contribution in [2.45, 2.75) is 37.1 Å². The number of phosphoric acid groups is 3. The zero-order chi connectivity index (χ0) is 24.7. The lowest BCUT2D eigenvalue weighted by molar-refractivity contribution is -0.127. The number of halogens is 1. The molecule has 2 rings (SSSR count). The van der Waals surface area contributed by atoms with Crippen molar-refractivity contribution in [3.05, 3.63) is 16.7 Å². The third kappa shape index (κ3) is 6.24. The molecule has 22 heteroatoms. The highest BCUT2D eigenvalue weighted by Crippen LogP contribution is 2.66. The first-order valence-corrected chi connectivity index (χ1v) is 12.6. The van der Waals surface area contributed by atoms with E-state index < -0.39 is 66.0 Å². The standard InChI is InChI=1S/C10H18FN4O14P3/c1-4(27-31(22,23)29-32(24,25)28-30(19,20)21)6-7(16)10(18,3-11)8(26-6)15-9(17)14-5(12)2-13-15/h2,4,6-8,16,18H,3H2,1H3,(H,22,23)(H,24,25)(H2,12,14,17)(H2,19,20,21)/t4-,6+,7-,8+,10?/m0/s1. The number of alkyl halides is 1. The molecule has 1 aromatic rings. The summed E-state index contributed by atoms with van der Waals surface area (Å²) in [5.41, 5.74) is 1.23. The normalized spacial score (nSPS) is 31.1. The second-order valence-electron chi connectivity index (χ2n) is 6.33. The van der Waals surface area contributed by atoms with Crippen molar-refractivity contribution in [3.63, 3.8) is 0 Å². The van der Waals surface area contributed by atoms with E-state index in [2.05, 4.69) is 23.2 Å². The second-order valence-corrected chi connectivity index (χ2v) is 10.7. The Balaban J connectivity index is 2.25. The molecule has 1 saturated heterocycles. The summed E-state index contributed by atoms with van der Waals surface area (Å²) in [6, 6.07) is 0. The Kier molecular flexibility index (Phi) is 7.81. The maximum atomic E-state index is 13.6. The zero-order valence-corrected chi connectivity index (χ0v) is 18.4. The molecule has 0 aromatic carbocycles. The first-order chi connectivity index (χ1) is 14.4. The largest absolute Gasteiger partial charge is 0.490 e. The van der Waals surface area contributed by atoms with Crippen LogP contribution in [0.4, 0.5) is 10.2 Å². The highest BCUT2D eigenvalue weighted by Gasteiger charge is 2.59. The third-order valence-electron chi connectivity index (χ3n) is 3.89. The van der Waals surface area contributed by atoms with Crippen LogP contribution in [0.5, 0.6) is 0 Å². The molecule has 8 N–H and O–H groups in total. The van der Waals surface area contributed by atoms with Crippen LogP contribution in [0.25, 0.3) is 0 Å². The maximum absolute atomic E-state index is 13.6. The van der Waals surface area contributed by atoms with Crippen molar-refractivity contribution < 1.29 is 65.8 Å². The summed E-state index contributed by atoms with van der Waals surface area (Å²) in [5.74, 6) is -0.328. The molecule has 3 unspecified atom stereocenters. The van der Waals surface area contributed by atoms with Crippen LogP contribution in [0.15, 0.2) is 11.0 Å². The van der Waals surface area contributed by atoms with E-state index in [1.54, 1.807) is 0 Å². The van der Waals surface area contributed by atoms with Gasteiger partial charge in [0.25, 0.3) is 0 Å². The van der Waals surface area contributed by atoms with Crippen LogP contribution in [0.3, 0.4) is 0 Å². The fourth-order valence-electron chi connectivity index (χ4n) is 2.64. The van der Waals surface area contributed by atoms with Gasteiger partial charge in [-0.1, -0.05) is 0 Å². The molecule has 1 aliphatic rings. The summed E-state index contributed by atoms with van der Waals surface area (Å²) < 4.78 is 64.7. The Bertz CT molecular complexity index is 1050. The van der Waals surface area contributed by atoms with Crippen molar-refractivity contribution >= 4 is 29.3 Å². The Labute approximate surface area is 176 Å². The number of nitrogen functional groups attached to an aromatic ring is 1. The van der Waals surface area contributed by atoms with Gasteiger partial charge >= 0.3 is 29.2 Å². The second kappa shape index (κ2) is 9.23. The van der Waals surface area contributed by atoms with Gasteiger partial charge in [0.2, 0.25) is 0 Å². The topological polar surface area (TPSA) is 283 Å². The fraction of sp³-hybridized carbons (Fsp3) is 0.700. The first-order valence-electron chi connectivity index (χ1n) is 8.06. The minimum Gasteiger partial charge on any atom is -0.387 e. The maximum Gasteiger partial charge on any atom is 0.490 e. The lowest BCUT2D eigenvalue weighted by atomic mass is 9.94. The van der Waals surface area contributed by atoms with Gasteiger partial charge in [-0.15, -0.1) is 0 Å². The zero-order valence-electron chi connectivity index (χ0n) is 15.7. The van der Waals surface area contributed by atoms with E-state index in [9.17, 15) is 38.0 Å². The van der Waals surface area contributed by atoms with Gasteiger partial charge < -0.3 is 40.3 Å². The van der Waals surface area contributed by atoms with Crippen LogP contribution >= 0.6 is 23.5 Å². The number of anilines is 1. The Hall–Kier alpha value is -1.17. The molecule has 0 saturated carbocycles. The van der Waals surface area contributed by atoms with Crippen LogP contribution in [0, 0.1) is 0 Å². The van der Waals surface area contributed by atoms with Crippen LogP contribution < -0.4 is 11.4 Å². The molecular formula is C10H18FN4O14P3. The number of nitrogens with zero attached hydrogens (tertiary/aromatic N) is 3. The van der Waals surface area contributed by atoms with Gasteiger partial charge in [-0.25, -0.2) is 22.9 Å². The molecule has 0 aliphatic carbocycles. The van der Waals surface area contributed by atoms with Crippen LogP contribution in [-0.2, 0) is 31.6 Å². The van der Waals surface area contributed by atoms with Gasteiger partial charge in [0.1, 0.15) is 24.7 Å². The number of phosphoric ester groups is 1. The van der Waals surface area contributed by atoms with Gasteiger partial charge in [-0.05, 0) is 6.92 Å². The first kappa shape index (κ1) is 27.1. The number of aliphatic hydroxyl groups is 2. The van der Waals surface area contributed by atoms with E-state index in [-0.39, 0.29) is 5.82 Å². The summed E-state index contributed by atoms with van der Waals surface area (Å²) in [4.78, 5) is 51.0. The van der Waals surface area contributed by atoms with Crippen molar-refractivity contribution in [1.82, 2.24) is 14.8 Å². The Morgan fingerprint density at radius 2 is 1.88 bits per heavy atom. The average molecular weight is 530 g/mol. The minimum atomic E-state index is -5.83. The minimum absolute atomic E-state index is 0.328. The molecule has 0 amide bonds. The average Bonchev–Trinajstić information content (AvgIpc) is 2.84. The highest BCUT2D eigenvalue weighted by atomic mass is 31.3. The van der Waals surface area contributed by atoms with Crippen LogP contribution in [0.2, 0.25) is 0 Å². The third-order valence-corrected chi connectivity index (χ3v) is 7.81. The number of hydrogen-bond donors (Lipinski definition) is 7. The summed E-state index contributed by atoms with van der Waals surface area (Å²) in [7, 11) is -17.1. The molecule has 0 spiro atoms. The molecule has 184 valence electrons. The summed E-state index contributed by atoms with van der Waals surface area (Å²) in [6.07, 6.45) is -7.13. The smallest absolute Gasteiger partial charge is 0.387 e. The predicted molar refractivity (Wildman–Crippen MR) is 96.0 cm³/mol. The van der Waals surface area contributed by atoms with E-state index in [0.717, 1.165) is 13.1 Å². The number of aliphatic hydroxyl groups excluding tert-OH is 1. The number of ether oxygens (including phenoxy) is 1. The summed E-state index contributed by atoms with van der Waals surface area (Å²) in [6.45, 7) is -0.805. The number of nitrogens with two attached hydrogens (primary N) is 1. The summed E-state index contributed by atoms with van der Waals surface area (Å²) >= 11 is 0. The van der Waals surface area contributed by atoms with Gasteiger partial charge in [0.05, 0.1) is 12.3 Å². The molecule has 0 bridgehead atoms. The van der Waals surface area contributed by atoms with Crippen molar-refractivity contribution in [3.8, 4) is 0 Å². The molecule has 1 fully saturated rings. The number of rotatable bonds is 9. The van der Waals surface area contributed by atoms with E-state index in [0.29, 0.717) is 4.68 Å². The van der Waals surface area contributed by atoms with Gasteiger partial charge in [-0.2, -0.15) is 23.4 Å². The number of hydrogen-bond acceptors (Lipinski definition) is 13. The van der Waals surface area contributed by atoms with Crippen molar-refractivity contribution in [2.75, 3.05) is 12.4 Å². The fourth-order valence-corrected chi connectivity index (χ4v) is 5.84. The molecule has 2 heterocycles. The Morgan fingerprint density at radius 3 is 2.38 bits per heavy atom. The lowest BCUT2D eigenvalue weighted by Gasteiger charge is -2.28. The van der Waals surface area contributed by atoms with E-state index in [1.807, 2.05) is 0 Å². The lowest BCUT2D eigenvalue weighted by Crippen LogP contribution is -2.51. The van der Waals surface area contributed by atoms with Crippen LogP contribution in [-0.4, -0.2) is 75.1 Å². The van der Waals surface area contributed by atoms with Gasteiger partial charge in [0, 0.05) is 0 Å². The van der Waals surface area contributed by atoms with Crippen molar-refractivity contribution in [1.29, 1.82) is 0 Å². The highest BCUT2D eigenvalue weighted by molar-refractivity contribution is 7.66. The Morgan fingerprint density at radius 1 is 1.28 bits per heavy atom. The molecule has 32 heavy (non-hydrogen) atoms. The summed E-state index contributed by atoms with van der Waals surface area (Å²) in [5, 5.41) is 24.3. The molecule has 1 aliphatic heterocycles.